The molecule has 0 saturated carbocycles. The second kappa shape index (κ2) is 5.95. The van der Waals surface area contributed by atoms with Crippen molar-refractivity contribution in [2.45, 2.75) is 13.3 Å². The van der Waals surface area contributed by atoms with Gasteiger partial charge in [-0.25, -0.2) is 0 Å². The topological polar surface area (TPSA) is 143 Å². The lowest BCUT2D eigenvalue weighted by Gasteiger charge is -1.93. The highest BCUT2D eigenvalue weighted by Crippen LogP contribution is 1.97. The Kier molecular flexibility index (Phi) is 5.20. The molecule has 1 heterocycles. The minimum absolute atomic E-state index is 0.0417. The molecular formula is C6H15N7. The van der Waals surface area contributed by atoms with Crippen molar-refractivity contribution < 1.29 is 0 Å². The molecule has 1 aromatic heterocycles. The van der Waals surface area contributed by atoms with Gasteiger partial charge in [0, 0.05) is 0 Å². The van der Waals surface area contributed by atoms with Crippen LogP contribution in [-0.4, -0.2) is 21.5 Å². The van der Waals surface area contributed by atoms with Crippen molar-refractivity contribution in [3.05, 3.63) is 0 Å². The Balaban J connectivity index is 0.000000310. The maximum absolute atomic E-state index is 5.14. The highest BCUT2D eigenvalue weighted by molar-refractivity contribution is 5.33. The van der Waals surface area contributed by atoms with E-state index >= 15 is 0 Å². The van der Waals surface area contributed by atoms with Crippen LogP contribution >= 0.6 is 0 Å². The maximum Gasteiger partial charge on any atom is 0.226 e. The minimum atomic E-state index is 0.0417. The van der Waals surface area contributed by atoms with Crippen molar-refractivity contribution in [2.24, 2.45) is 5.73 Å². The molecule has 0 aromatic carbocycles. The number of nitrogens with zero attached hydrogens (tertiary/aromatic N) is 3. The molecule has 1 rings (SSSR count). The summed E-state index contributed by atoms with van der Waals surface area (Å²) in [6.45, 7) is 2.88. The molecule has 1 aromatic rings. The second-order valence-electron chi connectivity index (χ2n) is 2.20. The standard InChI is InChI=1S/C3H6N6.C3H9N/c4-1-7-2(5)9-3(6)8-1;1-2-3-4/h(H6,4,5,6,7,8,9);2-4H2,1H3. The Hall–Kier alpha value is -1.63. The Morgan fingerprint density at radius 2 is 1.15 bits per heavy atom. The third kappa shape index (κ3) is 5.62. The molecule has 0 unspecified atom stereocenters. The van der Waals surface area contributed by atoms with Gasteiger partial charge >= 0.3 is 0 Å². The molecule has 0 aliphatic rings. The van der Waals surface area contributed by atoms with E-state index < -0.39 is 0 Å². The Labute approximate surface area is 76.6 Å². The van der Waals surface area contributed by atoms with Crippen molar-refractivity contribution in [3.8, 4) is 0 Å². The fraction of sp³-hybridized carbons (Fsp3) is 0.500. The molecule has 0 saturated heterocycles. The number of rotatable bonds is 1. The SMILES string of the molecule is CCCN.Nc1nc(N)nc(N)n1. The first kappa shape index (κ1) is 11.4. The van der Waals surface area contributed by atoms with Crippen LogP contribution in [0.3, 0.4) is 0 Å². The summed E-state index contributed by atoms with van der Waals surface area (Å²) in [5, 5.41) is 0. The fourth-order valence-electron chi connectivity index (χ4n) is 0.427. The van der Waals surface area contributed by atoms with Gasteiger partial charge in [-0.3, -0.25) is 0 Å². The van der Waals surface area contributed by atoms with Crippen molar-refractivity contribution >= 4 is 17.8 Å². The Bertz CT molecular complexity index is 196. The first-order chi connectivity index (χ1) is 6.10. The molecule has 0 amide bonds. The van der Waals surface area contributed by atoms with Gasteiger partial charge in [-0.15, -0.1) is 0 Å². The molecule has 13 heavy (non-hydrogen) atoms. The lowest BCUT2D eigenvalue weighted by Crippen LogP contribution is -2.05. The minimum Gasteiger partial charge on any atom is -0.368 e. The quantitative estimate of drug-likeness (QED) is 0.438. The highest BCUT2D eigenvalue weighted by atomic mass is 15.2. The zero-order valence-electron chi connectivity index (χ0n) is 7.57. The van der Waals surface area contributed by atoms with Crippen LogP contribution in [0.15, 0.2) is 0 Å². The highest BCUT2D eigenvalue weighted by Gasteiger charge is 1.93. The third-order valence-corrected chi connectivity index (χ3v) is 0.976. The number of anilines is 3. The van der Waals surface area contributed by atoms with Gasteiger partial charge in [0.25, 0.3) is 0 Å². The van der Waals surface area contributed by atoms with E-state index in [2.05, 4.69) is 21.9 Å². The van der Waals surface area contributed by atoms with Crippen LogP contribution in [0.25, 0.3) is 0 Å². The Morgan fingerprint density at radius 3 is 1.31 bits per heavy atom. The summed E-state index contributed by atoms with van der Waals surface area (Å²) < 4.78 is 0. The van der Waals surface area contributed by atoms with Crippen LogP contribution in [0, 0.1) is 0 Å². The molecule has 0 atom stereocenters. The van der Waals surface area contributed by atoms with Crippen LogP contribution in [-0.2, 0) is 0 Å². The molecular weight excluding hydrogens is 170 g/mol. The predicted molar refractivity (Wildman–Crippen MR) is 52.4 cm³/mol. The average molecular weight is 185 g/mol. The lowest BCUT2D eigenvalue weighted by molar-refractivity contribution is 0.932. The average Bonchev–Trinajstić information content (AvgIpc) is 2.02. The van der Waals surface area contributed by atoms with Crippen LogP contribution in [0.5, 0.6) is 0 Å². The van der Waals surface area contributed by atoms with E-state index in [9.17, 15) is 0 Å². The van der Waals surface area contributed by atoms with Crippen molar-refractivity contribution in [1.82, 2.24) is 15.0 Å². The lowest BCUT2D eigenvalue weighted by atomic mass is 10.5. The van der Waals surface area contributed by atoms with Gasteiger partial charge in [-0.05, 0) is 13.0 Å². The monoisotopic (exact) mass is 185 g/mol. The predicted octanol–water partition coefficient (Wildman–Crippen LogP) is -1.03. The van der Waals surface area contributed by atoms with Gasteiger partial charge in [0.15, 0.2) is 0 Å². The van der Waals surface area contributed by atoms with Gasteiger partial charge in [0.2, 0.25) is 17.8 Å². The maximum atomic E-state index is 5.14. The van der Waals surface area contributed by atoms with Gasteiger partial charge < -0.3 is 22.9 Å². The number of hydrogen-bond acceptors (Lipinski definition) is 7. The first-order valence-electron chi connectivity index (χ1n) is 3.82. The molecule has 0 fully saturated rings. The number of aromatic nitrogens is 3. The number of nitrogens with two attached hydrogens (primary N) is 4. The molecule has 0 spiro atoms. The van der Waals surface area contributed by atoms with E-state index in [1.165, 1.54) is 0 Å². The van der Waals surface area contributed by atoms with Crippen molar-refractivity contribution in [1.29, 1.82) is 0 Å². The summed E-state index contributed by atoms with van der Waals surface area (Å²) in [6, 6.07) is 0. The van der Waals surface area contributed by atoms with Crippen LogP contribution in [0.2, 0.25) is 0 Å². The summed E-state index contributed by atoms with van der Waals surface area (Å²) in [6.07, 6.45) is 1.10. The van der Waals surface area contributed by atoms with E-state index in [4.69, 9.17) is 22.9 Å². The molecule has 0 aliphatic carbocycles. The molecule has 0 bridgehead atoms. The summed E-state index contributed by atoms with van der Waals surface area (Å²) in [4.78, 5) is 10.5. The Morgan fingerprint density at radius 1 is 0.923 bits per heavy atom. The van der Waals surface area contributed by atoms with E-state index in [1.807, 2.05) is 0 Å². The van der Waals surface area contributed by atoms with E-state index in [0.29, 0.717) is 0 Å². The van der Waals surface area contributed by atoms with Crippen LogP contribution in [0.4, 0.5) is 17.8 Å². The van der Waals surface area contributed by atoms with Gasteiger partial charge in [-0.2, -0.15) is 15.0 Å². The summed E-state index contributed by atoms with van der Waals surface area (Å²) in [5.41, 5.74) is 20.4. The normalized spacial score (nSPS) is 8.77. The number of hydrogen-bond donors (Lipinski definition) is 4. The fourth-order valence-corrected chi connectivity index (χ4v) is 0.427. The number of nitrogen functional groups attached to an aromatic ring is 3. The molecule has 7 nitrogen and oxygen atoms in total. The zero-order valence-corrected chi connectivity index (χ0v) is 7.57. The molecule has 74 valence electrons. The second-order valence-corrected chi connectivity index (χ2v) is 2.20. The van der Waals surface area contributed by atoms with E-state index in [0.717, 1.165) is 13.0 Å². The van der Waals surface area contributed by atoms with Crippen LogP contribution in [0.1, 0.15) is 13.3 Å². The molecule has 0 radical (unpaired) electrons. The van der Waals surface area contributed by atoms with Crippen molar-refractivity contribution in [2.75, 3.05) is 23.7 Å². The van der Waals surface area contributed by atoms with Gasteiger partial charge in [0.1, 0.15) is 0 Å². The summed E-state index contributed by atoms with van der Waals surface area (Å²) in [7, 11) is 0. The smallest absolute Gasteiger partial charge is 0.226 e. The molecule has 7 heteroatoms. The van der Waals surface area contributed by atoms with Crippen molar-refractivity contribution in [3.63, 3.8) is 0 Å². The largest absolute Gasteiger partial charge is 0.368 e. The van der Waals surface area contributed by atoms with Gasteiger partial charge in [-0.1, -0.05) is 6.92 Å². The van der Waals surface area contributed by atoms with Gasteiger partial charge in [0.05, 0.1) is 0 Å². The third-order valence-electron chi connectivity index (χ3n) is 0.976. The van der Waals surface area contributed by atoms with E-state index in [1.54, 1.807) is 0 Å². The van der Waals surface area contributed by atoms with Crippen LogP contribution < -0.4 is 22.9 Å². The molecule has 0 aliphatic heterocycles. The zero-order chi connectivity index (χ0) is 10.3. The summed E-state index contributed by atoms with van der Waals surface area (Å²) in [5.74, 6) is 0.125. The first-order valence-corrected chi connectivity index (χ1v) is 3.82. The summed E-state index contributed by atoms with van der Waals surface area (Å²) >= 11 is 0. The molecule has 8 N–H and O–H groups in total. The van der Waals surface area contributed by atoms with E-state index in [-0.39, 0.29) is 17.8 Å².